The number of rotatable bonds is 1. The van der Waals surface area contributed by atoms with E-state index >= 15 is 0 Å². The lowest BCUT2D eigenvalue weighted by atomic mass is 10.0. The van der Waals surface area contributed by atoms with E-state index in [4.69, 9.17) is 0 Å². The van der Waals surface area contributed by atoms with Crippen molar-refractivity contribution >= 4 is 34.5 Å². The summed E-state index contributed by atoms with van der Waals surface area (Å²) in [7, 11) is 0. The summed E-state index contributed by atoms with van der Waals surface area (Å²) in [5, 5.41) is 1.31. The Morgan fingerprint density at radius 1 is 1.37 bits per heavy atom. The van der Waals surface area contributed by atoms with Gasteiger partial charge >= 0.3 is 0 Å². The van der Waals surface area contributed by atoms with Crippen molar-refractivity contribution in [1.29, 1.82) is 0 Å². The van der Waals surface area contributed by atoms with E-state index in [1.807, 2.05) is 0 Å². The fourth-order valence-corrected chi connectivity index (χ4v) is 4.22. The number of hydrogen-bond donors (Lipinski definition) is 0. The maximum Gasteiger partial charge on any atom is 0.174 e. The molecule has 0 atom stereocenters. The van der Waals surface area contributed by atoms with Crippen molar-refractivity contribution in [3.8, 4) is 0 Å². The van der Waals surface area contributed by atoms with Gasteiger partial charge in [0.25, 0.3) is 0 Å². The third-order valence-electron chi connectivity index (χ3n) is 4.12. The minimum absolute atomic E-state index is 0.277. The second kappa shape index (κ2) is 4.01. The number of aryl methyl sites for hydroxylation is 1. The summed E-state index contributed by atoms with van der Waals surface area (Å²) < 4.78 is 2.38. The molecule has 1 aliphatic carbocycles. The number of hydrogen-bond acceptors (Lipinski definition) is 2. The molecule has 1 aliphatic heterocycles. The summed E-state index contributed by atoms with van der Waals surface area (Å²) in [6.45, 7) is 3.15. The molecule has 1 aromatic heterocycles. The molecule has 4 rings (SSSR count). The lowest BCUT2D eigenvalue weighted by Gasteiger charge is -2.10. The minimum atomic E-state index is 0.277. The summed E-state index contributed by atoms with van der Waals surface area (Å²) in [6, 6.07) is 4.34. The fourth-order valence-electron chi connectivity index (χ4n) is 3.25. The van der Waals surface area contributed by atoms with E-state index in [9.17, 15) is 4.79 Å². The van der Waals surface area contributed by atoms with Gasteiger partial charge in [0.1, 0.15) is 0 Å². The first-order valence-electron chi connectivity index (χ1n) is 6.81. The van der Waals surface area contributed by atoms with Crippen LogP contribution in [-0.2, 0) is 13.0 Å². The molecule has 2 aliphatic rings. The largest absolute Gasteiger partial charge is 0.344 e. The van der Waals surface area contributed by atoms with Gasteiger partial charge in [-0.3, -0.25) is 4.79 Å². The summed E-state index contributed by atoms with van der Waals surface area (Å²) in [4.78, 5) is 13.1. The van der Waals surface area contributed by atoms with E-state index in [0.29, 0.717) is 5.75 Å². The average molecular weight is 269 g/mol. The number of Topliss-reactive ketones (excluding diaryl/α,β-unsaturated/α-hetero) is 1. The number of carbonyl (C=O) groups excluding carboxylic acids is 1. The second-order valence-corrected chi connectivity index (χ2v) is 6.14. The zero-order valence-corrected chi connectivity index (χ0v) is 11.7. The second-order valence-electron chi connectivity index (χ2n) is 5.12. The van der Waals surface area contributed by atoms with Crippen molar-refractivity contribution in [2.24, 2.45) is 0 Å². The van der Waals surface area contributed by atoms with Crippen molar-refractivity contribution in [2.75, 3.05) is 5.75 Å². The highest BCUT2D eigenvalue weighted by molar-refractivity contribution is 8.00. The molecule has 0 N–H and O–H groups in total. The Morgan fingerprint density at radius 3 is 3.11 bits per heavy atom. The van der Waals surface area contributed by atoms with Crippen LogP contribution < -0.4 is 0 Å². The predicted molar refractivity (Wildman–Crippen MR) is 80.0 cm³/mol. The molecule has 2 heterocycles. The standard InChI is InChI=1S/C16H15NOS/c1-2-17-13-6-4-3-5-10(13)11-8-16-12(7-14(11)17)15(18)9-19-16/h3,5,7-8H,2,4,6,9H2,1H3. The van der Waals surface area contributed by atoms with Crippen LogP contribution in [0.4, 0.5) is 0 Å². The molecule has 3 heteroatoms. The molecule has 0 saturated heterocycles. The van der Waals surface area contributed by atoms with Crippen molar-refractivity contribution in [3.63, 3.8) is 0 Å². The van der Waals surface area contributed by atoms with Gasteiger partial charge in [-0.1, -0.05) is 12.2 Å². The number of thioether (sulfide) groups is 1. The molecular formula is C16H15NOS. The molecule has 2 aromatic rings. The Labute approximate surface area is 116 Å². The fraction of sp³-hybridized carbons (Fsp3) is 0.312. The van der Waals surface area contributed by atoms with Gasteiger partial charge in [-0.05, 0) is 31.9 Å². The van der Waals surface area contributed by atoms with Crippen LogP contribution in [0.1, 0.15) is 35.0 Å². The molecule has 19 heavy (non-hydrogen) atoms. The van der Waals surface area contributed by atoms with E-state index in [2.05, 4.69) is 35.8 Å². The number of aromatic nitrogens is 1. The molecule has 0 spiro atoms. The summed E-state index contributed by atoms with van der Waals surface area (Å²) in [6.07, 6.45) is 6.74. The van der Waals surface area contributed by atoms with E-state index in [-0.39, 0.29) is 5.78 Å². The highest BCUT2D eigenvalue weighted by Crippen LogP contribution is 2.39. The van der Waals surface area contributed by atoms with Gasteiger partial charge in [-0.25, -0.2) is 0 Å². The van der Waals surface area contributed by atoms with Crippen LogP contribution in [-0.4, -0.2) is 16.1 Å². The maximum absolute atomic E-state index is 11.9. The Morgan fingerprint density at radius 2 is 2.26 bits per heavy atom. The molecule has 0 fully saturated rings. The van der Waals surface area contributed by atoms with E-state index < -0.39 is 0 Å². The third-order valence-corrected chi connectivity index (χ3v) is 5.18. The first-order chi connectivity index (χ1) is 9.29. The highest BCUT2D eigenvalue weighted by Gasteiger charge is 2.24. The van der Waals surface area contributed by atoms with Gasteiger partial charge in [0, 0.05) is 39.2 Å². The van der Waals surface area contributed by atoms with E-state index in [0.717, 1.165) is 29.8 Å². The molecule has 0 saturated carbocycles. The van der Waals surface area contributed by atoms with Gasteiger partial charge in [0.2, 0.25) is 0 Å². The summed E-state index contributed by atoms with van der Waals surface area (Å²) >= 11 is 1.68. The quantitative estimate of drug-likeness (QED) is 0.783. The Bertz CT molecular complexity index is 739. The Kier molecular flexibility index (Phi) is 2.39. The topological polar surface area (TPSA) is 22.0 Å². The van der Waals surface area contributed by atoms with Crippen molar-refractivity contribution in [3.05, 3.63) is 35.0 Å². The zero-order valence-electron chi connectivity index (χ0n) is 10.9. The van der Waals surface area contributed by atoms with Gasteiger partial charge < -0.3 is 4.57 Å². The molecular weight excluding hydrogens is 254 g/mol. The number of nitrogens with zero attached hydrogens (tertiary/aromatic N) is 1. The SMILES string of the molecule is CCn1c2c(c3cc4c(cc31)C(=O)CS4)C=CCC2. The van der Waals surface area contributed by atoms with Crippen LogP contribution in [0.2, 0.25) is 0 Å². The number of allylic oxidation sites excluding steroid dienone is 1. The molecule has 0 radical (unpaired) electrons. The number of fused-ring (bicyclic) bond motifs is 4. The number of benzene rings is 1. The first kappa shape index (κ1) is 11.4. The molecule has 0 unspecified atom stereocenters. The van der Waals surface area contributed by atoms with Crippen LogP contribution in [0.3, 0.4) is 0 Å². The van der Waals surface area contributed by atoms with Gasteiger partial charge in [-0.15, -0.1) is 11.8 Å². The molecule has 0 amide bonds. The Hall–Kier alpha value is -1.48. The van der Waals surface area contributed by atoms with Crippen LogP contribution >= 0.6 is 11.8 Å². The van der Waals surface area contributed by atoms with Crippen molar-refractivity contribution < 1.29 is 4.79 Å². The zero-order chi connectivity index (χ0) is 13.0. The molecule has 2 nitrogen and oxygen atoms in total. The lowest BCUT2D eigenvalue weighted by molar-refractivity contribution is 0.102. The first-order valence-corrected chi connectivity index (χ1v) is 7.80. The van der Waals surface area contributed by atoms with Crippen LogP contribution in [0.15, 0.2) is 23.1 Å². The molecule has 0 bridgehead atoms. The number of ketones is 1. The van der Waals surface area contributed by atoms with Crippen LogP contribution in [0.25, 0.3) is 17.0 Å². The van der Waals surface area contributed by atoms with E-state index in [1.165, 1.54) is 22.2 Å². The summed E-state index contributed by atoms with van der Waals surface area (Å²) in [5.41, 5.74) is 4.95. The summed E-state index contributed by atoms with van der Waals surface area (Å²) in [5.74, 6) is 0.880. The highest BCUT2D eigenvalue weighted by atomic mass is 32.2. The predicted octanol–water partition coefficient (Wildman–Crippen LogP) is 3.91. The van der Waals surface area contributed by atoms with Crippen LogP contribution in [0, 0.1) is 0 Å². The molecule has 96 valence electrons. The van der Waals surface area contributed by atoms with Crippen LogP contribution in [0.5, 0.6) is 0 Å². The lowest BCUT2D eigenvalue weighted by Crippen LogP contribution is -2.03. The van der Waals surface area contributed by atoms with Gasteiger partial charge in [0.05, 0.1) is 5.75 Å². The Balaban J connectivity index is 2.11. The van der Waals surface area contributed by atoms with Gasteiger partial charge in [-0.2, -0.15) is 0 Å². The van der Waals surface area contributed by atoms with E-state index in [1.54, 1.807) is 11.8 Å². The van der Waals surface area contributed by atoms with Gasteiger partial charge in [0.15, 0.2) is 5.78 Å². The monoisotopic (exact) mass is 269 g/mol. The van der Waals surface area contributed by atoms with Crippen molar-refractivity contribution in [1.82, 2.24) is 4.57 Å². The third kappa shape index (κ3) is 1.48. The smallest absolute Gasteiger partial charge is 0.174 e. The molecule has 1 aromatic carbocycles. The maximum atomic E-state index is 11.9. The normalized spacial score (nSPS) is 17.0. The minimum Gasteiger partial charge on any atom is -0.344 e. The number of carbonyl (C=O) groups is 1. The average Bonchev–Trinajstić information content (AvgIpc) is 2.95. The van der Waals surface area contributed by atoms with Crippen molar-refractivity contribution in [2.45, 2.75) is 31.2 Å².